The van der Waals surface area contributed by atoms with E-state index in [1.807, 2.05) is 13.0 Å². The fourth-order valence-corrected chi connectivity index (χ4v) is 4.37. The molecule has 138 valence electrons. The van der Waals surface area contributed by atoms with Gasteiger partial charge in [-0.2, -0.15) is 5.10 Å². The van der Waals surface area contributed by atoms with Crippen molar-refractivity contribution in [3.63, 3.8) is 0 Å². The van der Waals surface area contributed by atoms with Crippen molar-refractivity contribution in [2.45, 2.75) is 51.6 Å². The number of hydrogen-bond acceptors (Lipinski definition) is 6. The number of fused-ring (bicyclic) bond motifs is 2. The van der Waals surface area contributed by atoms with Gasteiger partial charge in [-0.15, -0.1) is 0 Å². The molecule has 0 N–H and O–H groups in total. The highest BCUT2D eigenvalue weighted by atomic mass is 16.1. The Morgan fingerprint density at radius 1 is 1.22 bits per heavy atom. The Hall–Kier alpha value is -2.83. The summed E-state index contributed by atoms with van der Waals surface area (Å²) in [5, 5.41) is 5.67. The summed E-state index contributed by atoms with van der Waals surface area (Å²) in [6, 6.07) is 3.96. The normalized spacial score (nSPS) is 19.0. The van der Waals surface area contributed by atoms with Crippen LogP contribution in [0.1, 0.15) is 36.3 Å². The minimum Gasteiger partial charge on any atom is -0.351 e. The third-order valence-corrected chi connectivity index (χ3v) is 5.65. The lowest BCUT2D eigenvalue weighted by atomic mass is 10.2. The smallest absolute Gasteiger partial charge is 0.267 e. The van der Waals surface area contributed by atoms with Gasteiger partial charge in [-0.25, -0.2) is 14.6 Å². The van der Waals surface area contributed by atoms with Crippen LogP contribution in [0, 0.1) is 6.92 Å². The molecule has 1 aliphatic heterocycles. The van der Waals surface area contributed by atoms with Crippen molar-refractivity contribution in [1.29, 1.82) is 0 Å². The van der Waals surface area contributed by atoms with Gasteiger partial charge in [0.05, 0.1) is 30.0 Å². The summed E-state index contributed by atoms with van der Waals surface area (Å²) in [6.45, 7) is 3.44. The van der Waals surface area contributed by atoms with Crippen LogP contribution in [-0.4, -0.2) is 37.3 Å². The molecule has 0 aromatic carbocycles. The second kappa shape index (κ2) is 6.40. The van der Waals surface area contributed by atoms with E-state index in [2.05, 4.69) is 20.0 Å². The van der Waals surface area contributed by atoms with Gasteiger partial charge in [0.2, 0.25) is 0 Å². The maximum absolute atomic E-state index is 12.5. The SMILES string of the molecule is Cc1nc(N2CCCC2Cn2nc3c(cc2=O)CCC3)c2ccncc2n1. The van der Waals surface area contributed by atoms with Crippen LogP contribution in [0.25, 0.3) is 10.9 Å². The Balaban J connectivity index is 1.51. The van der Waals surface area contributed by atoms with Crippen molar-refractivity contribution in [1.82, 2.24) is 24.7 Å². The molecule has 3 aromatic rings. The summed E-state index contributed by atoms with van der Waals surface area (Å²) in [7, 11) is 0. The molecule has 1 fully saturated rings. The van der Waals surface area contributed by atoms with Crippen molar-refractivity contribution >= 4 is 16.7 Å². The molecule has 2 aliphatic rings. The predicted molar refractivity (Wildman–Crippen MR) is 103 cm³/mol. The summed E-state index contributed by atoms with van der Waals surface area (Å²) >= 11 is 0. The molecule has 1 saturated heterocycles. The zero-order chi connectivity index (χ0) is 18.4. The van der Waals surface area contributed by atoms with Crippen LogP contribution in [0.5, 0.6) is 0 Å². The Kier molecular flexibility index (Phi) is 3.88. The molecule has 0 radical (unpaired) electrons. The molecular formula is C20H22N6O. The van der Waals surface area contributed by atoms with Crippen LogP contribution in [0.4, 0.5) is 5.82 Å². The van der Waals surface area contributed by atoms with Crippen molar-refractivity contribution in [3.05, 3.63) is 52.0 Å². The topological polar surface area (TPSA) is 76.8 Å². The molecule has 5 rings (SSSR count). The molecule has 7 nitrogen and oxygen atoms in total. The van der Waals surface area contributed by atoms with Gasteiger partial charge in [0.1, 0.15) is 11.6 Å². The lowest BCUT2D eigenvalue weighted by molar-refractivity contribution is 0.482. The Labute approximate surface area is 157 Å². The van der Waals surface area contributed by atoms with Crippen molar-refractivity contribution in [3.8, 4) is 0 Å². The summed E-state index contributed by atoms with van der Waals surface area (Å²) in [4.78, 5) is 28.3. The third kappa shape index (κ3) is 2.87. The van der Waals surface area contributed by atoms with Gasteiger partial charge in [-0.05, 0) is 50.7 Å². The molecule has 1 atom stereocenters. The lowest BCUT2D eigenvalue weighted by Gasteiger charge is -2.27. The maximum atomic E-state index is 12.5. The zero-order valence-corrected chi connectivity index (χ0v) is 15.4. The number of rotatable bonds is 3. The molecule has 27 heavy (non-hydrogen) atoms. The number of aromatic nitrogens is 5. The van der Waals surface area contributed by atoms with Gasteiger partial charge < -0.3 is 4.90 Å². The molecule has 0 spiro atoms. The predicted octanol–water partition coefficient (Wildman–Crippen LogP) is 2.05. The quantitative estimate of drug-likeness (QED) is 0.710. The summed E-state index contributed by atoms with van der Waals surface area (Å²) in [5.74, 6) is 1.68. The summed E-state index contributed by atoms with van der Waals surface area (Å²) in [5.41, 5.74) is 3.09. The van der Waals surface area contributed by atoms with E-state index >= 15 is 0 Å². The minimum absolute atomic E-state index is 0.00965. The first-order valence-corrected chi connectivity index (χ1v) is 9.64. The Bertz CT molecular complexity index is 1080. The first-order valence-electron chi connectivity index (χ1n) is 9.64. The fraction of sp³-hybridized carbons (Fsp3) is 0.450. The van der Waals surface area contributed by atoms with E-state index in [1.165, 1.54) is 0 Å². The minimum atomic E-state index is 0.00965. The average molecular weight is 362 g/mol. The monoisotopic (exact) mass is 362 g/mol. The van der Waals surface area contributed by atoms with E-state index in [9.17, 15) is 4.79 Å². The van der Waals surface area contributed by atoms with Gasteiger partial charge in [0.15, 0.2) is 0 Å². The highest BCUT2D eigenvalue weighted by Crippen LogP contribution is 2.30. The molecular weight excluding hydrogens is 340 g/mol. The fourth-order valence-electron chi connectivity index (χ4n) is 4.37. The van der Waals surface area contributed by atoms with Crippen LogP contribution in [0.15, 0.2) is 29.3 Å². The zero-order valence-electron chi connectivity index (χ0n) is 15.4. The van der Waals surface area contributed by atoms with Crippen LogP contribution < -0.4 is 10.5 Å². The Morgan fingerprint density at radius 2 is 2.15 bits per heavy atom. The highest BCUT2D eigenvalue weighted by Gasteiger charge is 2.29. The number of anilines is 1. The van der Waals surface area contributed by atoms with E-state index in [-0.39, 0.29) is 11.6 Å². The first-order chi connectivity index (χ1) is 13.2. The lowest BCUT2D eigenvalue weighted by Crippen LogP contribution is -2.38. The van der Waals surface area contributed by atoms with Gasteiger partial charge >= 0.3 is 0 Å². The van der Waals surface area contributed by atoms with Crippen LogP contribution in [0.3, 0.4) is 0 Å². The first kappa shape index (κ1) is 16.4. The molecule has 3 aromatic heterocycles. The molecule has 7 heteroatoms. The molecule has 1 aliphatic carbocycles. The van der Waals surface area contributed by atoms with Gasteiger partial charge in [0.25, 0.3) is 5.56 Å². The van der Waals surface area contributed by atoms with E-state index in [0.29, 0.717) is 6.54 Å². The number of nitrogens with zero attached hydrogens (tertiary/aromatic N) is 6. The molecule has 0 saturated carbocycles. The maximum Gasteiger partial charge on any atom is 0.267 e. The number of pyridine rings is 1. The third-order valence-electron chi connectivity index (χ3n) is 5.65. The molecule has 0 bridgehead atoms. The second-order valence-electron chi connectivity index (χ2n) is 7.47. The van der Waals surface area contributed by atoms with E-state index in [1.54, 1.807) is 23.1 Å². The highest BCUT2D eigenvalue weighted by molar-refractivity contribution is 5.89. The summed E-state index contributed by atoms with van der Waals surface area (Å²) in [6.07, 6.45) is 8.73. The van der Waals surface area contributed by atoms with Crippen LogP contribution in [0.2, 0.25) is 0 Å². The van der Waals surface area contributed by atoms with Crippen molar-refractivity contribution in [2.75, 3.05) is 11.4 Å². The van der Waals surface area contributed by atoms with Gasteiger partial charge in [-0.1, -0.05) is 0 Å². The molecule has 4 heterocycles. The molecule has 1 unspecified atom stereocenters. The number of hydrogen-bond donors (Lipinski definition) is 0. The Morgan fingerprint density at radius 3 is 3.07 bits per heavy atom. The van der Waals surface area contributed by atoms with E-state index in [4.69, 9.17) is 4.98 Å². The van der Waals surface area contributed by atoms with Crippen LogP contribution in [-0.2, 0) is 19.4 Å². The van der Waals surface area contributed by atoms with Gasteiger partial charge in [0, 0.05) is 24.2 Å². The second-order valence-corrected chi connectivity index (χ2v) is 7.47. The summed E-state index contributed by atoms with van der Waals surface area (Å²) < 4.78 is 1.66. The molecule has 0 amide bonds. The van der Waals surface area contributed by atoms with E-state index in [0.717, 1.165) is 72.5 Å². The van der Waals surface area contributed by atoms with Gasteiger partial charge in [-0.3, -0.25) is 9.78 Å². The van der Waals surface area contributed by atoms with E-state index < -0.39 is 0 Å². The van der Waals surface area contributed by atoms with Crippen molar-refractivity contribution in [2.24, 2.45) is 0 Å². The van der Waals surface area contributed by atoms with Crippen LogP contribution >= 0.6 is 0 Å². The average Bonchev–Trinajstić information content (AvgIpc) is 3.30. The number of aryl methyl sites for hydroxylation is 3. The van der Waals surface area contributed by atoms with Crippen molar-refractivity contribution < 1.29 is 0 Å². The largest absolute Gasteiger partial charge is 0.351 e. The standard InChI is InChI=1S/C20H22N6O/c1-13-22-18-11-21-8-7-16(18)20(23-13)25-9-3-5-15(25)12-26-19(27)10-14-4-2-6-17(14)24-26/h7-8,10-11,15H,2-6,9,12H2,1H3.